The van der Waals surface area contributed by atoms with Gasteiger partial charge in [0.05, 0.1) is 0 Å². The number of carbonyl (C=O) groups is 2. The van der Waals surface area contributed by atoms with Crippen LogP contribution in [-0.4, -0.2) is 28.3 Å². The zero-order chi connectivity index (χ0) is 19.8. The normalized spacial score (nSPS) is 10.3. The van der Waals surface area contributed by atoms with Gasteiger partial charge in [-0.25, -0.2) is 4.39 Å². The topological polar surface area (TPSA) is 84.0 Å². The van der Waals surface area contributed by atoms with Gasteiger partial charge in [0.15, 0.2) is 0 Å². The van der Waals surface area contributed by atoms with Gasteiger partial charge in [-0.1, -0.05) is 18.2 Å². The van der Waals surface area contributed by atoms with E-state index < -0.39 is 0 Å². The molecule has 0 radical (unpaired) electrons. The van der Waals surface area contributed by atoms with Crippen LogP contribution in [0.5, 0.6) is 0 Å². The van der Waals surface area contributed by atoms with E-state index in [4.69, 9.17) is 0 Å². The molecule has 0 saturated heterocycles. The van der Waals surface area contributed by atoms with E-state index in [0.29, 0.717) is 24.1 Å². The molecule has 0 unspecified atom stereocenters. The summed E-state index contributed by atoms with van der Waals surface area (Å²) in [6, 6.07) is 13.0. The van der Waals surface area contributed by atoms with Gasteiger partial charge in [-0.15, -0.1) is 0 Å². The molecule has 1 aromatic carbocycles. The first-order chi connectivity index (χ1) is 13.6. The number of nitrogens with zero attached hydrogens (tertiary/aromatic N) is 2. The Hall–Kier alpha value is -3.61. The first-order valence-electron chi connectivity index (χ1n) is 8.78. The molecule has 0 aliphatic rings. The Labute approximate surface area is 161 Å². The van der Waals surface area contributed by atoms with Crippen LogP contribution in [0.4, 0.5) is 4.39 Å². The number of hydrogen-bond donors (Lipinski definition) is 2. The molecular formula is C21H19FN4O2. The summed E-state index contributed by atoms with van der Waals surface area (Å²) in [4.78, 5) is 32.5. The Balaban J connectivity index is 1.55. The molecule has 3 aromatic rings. The molecule has 28 heavy (non-hydrogen) atoms. The summed E-state index contributed by atoms with van der Waals surface area (Å²) in [5.74, 6) is -1.02. The molecule has 0 spiro atoms. The van der Waals surface area contributed by atoms with Gasteiger partial charge < -0.3 is 10.6 Å². The van der Waals surface area contributed by atoms with E-state index in [-0.39, 0.29) is 29.9 Å². The van der Waals surface area contributed by atoms with Crippen LogP contribution in [0.15, 0.2) is 67.1 Å². The van der Waals surface area contributed by atoms with Crippen LogP contribution in [0.2, 0.25) is 0 Å². The molecule has 7 heteroatoms. The molecule has 0 bridgehead atoms. The molecule has 6 nitrogen and oxygen atoms in total. The number of carbonyl (C=O) groups excluding carboxylic acids is 2. The second kappa shape index (κ2) is 9.36. The molecule has 0 aliphatic carbocycles. The summed E-state index contributed by atoms with van der Waals surface area (Å²) < 4.78 is 13.6. The Bertz CT molecular complexity index is 963. The molecule has 2 heterocycles. The molecule has 142 valence electrons. The zero-order valence-electron chi connectivity index (χ0n) is 15.1. The number of nitrogens with one attached hydrogen (secondary N) is 2. The quantitative estimate of drug-likeness (QED) is 0.662. The Kier molecular flexibility index (Phi) is 6.41. The smallest absolute Gasteiger partial charge is 0.270 e. The van der Waals surface area contributed by atoms with Crippen molar-refractivity contribution in [1.82, 2.24) is 20.6 Å². The Morgan fingerprint density at radius 3 is 2.50 bits per heavy atom. The molecule has 0 aliphatic heterocycles. The first-order valence-corrected chi connectivity index (χ1v) is 8.78. The van der Waals surface area contributed by atoms with Crippen molar-refractivity contribution in [3.8, 4) is 0 Å². The van der Waals surface area contributed by atoms with Crippen molar-refractivity contribution in [2.75, 3.05) is 6.54 Å². The highest BCUT2D eigenvalue weighted by molar-refractivity contribution is 5.98. The number of pyridine rings is 2. The van der Waals surface area contributed by atoms with Crippen molar-refractivity contribution < 1.29 is 14.0 Å². The van der Waals surface area contributed by atoms with Crippen LogP contribution in [0, 0.1) is 5.82 Å². The average Bonchev–Trinajstić information content (AvgIpc) is 2.74. The maximum absolute atomic E-state index is 13.6. The molecule has 3 rings (SSSR count). The Morgan fingerprint density at radius 2 is 1.71 bits per heavy atom. The zero-order valence-corrected chi connectivity index (χ0v) is 15.1. The number of amides is 2. The predicted molar refractivity (Wildman–Crippen MR) is 102 cm³/mol. The predicted octanol–water partition coefficient (Wildman–Crippen LogP) is 2.52. The fraction of sp³-hybridized carbons (Fsp3) is 0.143. The summed E-state index contributed by atoms with van der Waals surface area (Å²) in [6.45, 7) is 0.619. The van der Waals surface area contributed by atoms with Crippen molar-refractivity contribution in [3.05, 3.63) is 95.3 Å². The third-order valence-electron chi connectivity index (χ3n) is 4.09. The monoisotopic (exact) mass is 378 g/mol. The van der Waals surface area contributed by atoms with Crippen molar-refractivity contribution in [2.24, 2.45) is 0 Å². The molecular weight excluding hydrogens is 359 g/mol. The van der Waals surface area contributed by atoms with Gasteiger partial charge in [0.25, 0.3) is 11.8 Å². The van der Waals surface area contributed by atoms with E-state index in [1.165, 1.54) is 24.4 Å². The second-order valence-electron chi connectivity index (χ2n) is 6.07. The lowest BCUT2D eigenvalue weighted by Gasteiger charge is -2.08. The fourth-order valence-corrected chi connectivity index (χ4v) is 2.58. The second-order valence-corrected chi connectivity index (χ2v) is 6.07. The van der Waals surface area contributed by atoms with Crippen molar-refractivity contribution in [3.63, 3.8) is 0 Å². The van der Waals surface area contributed by atoms with Gasteiger partial charge in [-0.3, -0.25) is 19.6 Å². The van der Waals surface area contributed by atoms with Gasteiger partial charge in [0.1, 0.15) is 11.5 Å². The van der Waals surface area contributed by atoms with Crippen LogP contribution in [0.3, 0.4) is 0 Å². The van der Waals surface area contributed by atoms with Gasteiger partial charge in [-0.2, -0.15) is 0 Å². The standard InChI is InChI=1S/C21H19FN4O2/c22-18-4-2-1-3-16(18)7-12-25-20(27)17-8-11-24-19(13-17)21(28)26-14-15-5-9-23-10-6-15/h1-6,8-11,13H,7,12,14H2,(H,25,27)(H,26,28). The summed E-state index contributed by atoms with van der Waals surface area (Å²) in [6.07, 6.45) is 5.08. The minimum Gasteiger partial charge on any atom is -0.352 e. The molecule has 0 atom stereocenters. The van der Waals surface area contributed by atoms with E-state index in [1.807, 2.05) is 0 Å². The number of aromatic nitrogens is 2. The number of rotatable bonds is 7. The van der Waals surface area contributed by atoms with Crippen LogP contribution in [-0.2, 0) is 13.0 Å². The van der Waals surface area contributed by atoms with E-state index in [1.54, 1.807) is 42.7 Å². The van der Waals surface area contributed by atoms with E-state index in [0.717, 1.165) is 5.56 Å². The summed E-state index contributed by atoms with van der Waals surface area (Å²) in [5, 5.41) is 5.48. The minimum atomic E-state index is -0.377. The third kappa shape index (κ3) is 5.20. The van der Waals surface area contributed by atoms with Crippen LogP contribution < -0.4 is 10.6 Å². The maximum atomic E-state index is 13.6. The number of hydrogen-bond acceptors (Lipinski definition) is 4. The molecule has 2 amide bonds. The maximum Gasteiger partial charge on any atom is 0.270 e. The lowest BCUT2D eigenvalue weighted by Crippen LogP contribution is -2.27. The lowest BCUT2D eigenvalue weighted by molar-refractivity contribution is 0.0946. The Morgan fingerprint density at radius 1 is 0.929 bits per heavy atom. The number of halogens is 1. The van der Waals surface area contributed by atoms with E-state index in [2.05, 4.69) is 20.6 Å². The molecule has 0 saturated carbocycles. The largest absolute Gasteiger partial charge is 0.352 e. The van der Waals surface area contributed by atoms with Crippen molar-refractivity contribution in [2.45, 2.75) is 13.0 Å². The van der Waals surface area contributed by atoms with E-state index >= 15 is 0 Å². The van der Waals surface area contributed by atoms with E-state index in [9.17, 15) is 14.0 Å². The fourth-order valence-electron chi connectivity index (χ4n) is 2.58. The van der Waals surface area contributed by atoms with Crippen molar-refractivity contribution in [1.29, 1.82) is 0 Å². The third-order valence-corrected chi connectivity index (χ3v) is 4.09. The highest BCUT2D eigenvalue weighted by atomic mass is 19.1. The van der Waals surface area contributed by atoms with Crippen LogP contribution >= 0.6 is 0 Å². The van der Waals surface area contributed by atoms with Gasteiger partial charge in [-0.05, 0) is 47.9 Å². The first kappa shape index (κ1) is 19.2. The minimum absolute atomic E-state index is 0.149. The van der Waals surface area contributed by atoms with Gasteiger partial charge in [0, 0.05) is 37.2 Å². The van der Waals surface area contributed by atoms with Crippen molar-refractivity contribution >= 4 is 11.8 Å². The highest BCUT2D eigenvalue weighted by Gasteiger charge is 2.12. The van der Waals surface area contributed by atoms with Gasteiger partial charge in [0.2, 0.25) is 0 Å². The number of benzene rings is 1. The summed E-state index contributed by atoms with van der Waals surface area (Å²) >= 11 is 0. The highest BCUT2D eigenvalue weighted by Crippen LogP contribution is 2.07. The molecule has 2 aromatic heterocycles. The lowest BCUT2D eigenvalue weighted by atomic mass is 10.1. The SMILES string of the molecule is O=C(NCCc1ccccc1F)c1ccnc(C(=O)NCc2ccncc2)c1. The van der Waals surface area contributed by atoms with Crippen LogP contribution in [0.1, 0.15) is 32.0 Å². The summed E-state index contributed by atoms with van der Waals surface area (Å²) in [5.41, 5.74) is 1.91. The van der Waals surface area contributed by atoms with Crippen LogP contribution in [0.25, 0.3) is 0 Å². The van der Waals surface area contributed by atoms with Gasteiger partial charge >= 0.3 is 0 Å². The average molecular weight is 378 g/mol. The molecule has 2 N–H and O–H groups in total. The molecule has 0 fully saturated rings. The summed E-state index contributed by atoms with van der Waals surface area (Å²) in [7, 11) is 0.